The number of fused-ring (bicyclic) bond motifs is 2. The van der Waals surface area contributed by atoms with E-state index in [-0.39, 0.29) is 22.2 Å². The van der Waals surface area contributed by atoms with E-state index in [0.717, 1.165) is 34.7 Å². The summed E-state index contributed by atoms with van der Waals surface area (Å²) in [4.78, 5) is 21.5. The summed E-state index contributed by atoms with van der Waals surface area (Å²) in [5.74, 6) is 2.29. The van der Waals surface area contributed by atoms with Crippen molar-refractivity contribution in [3.63, 3.8) is 0 Å². The van der Waals surface area contributed by atoms with E-state index in [1.807, 2.05) is 42.6 Å². The van der Waals surface area contributed by atoms with Crippen LogP contribution in [-0.2, 0) is 10.5 Å². The second kappa shape index (κ2) is 12.3. The lowest BCUT2D eigenvalue weighted by Crippen LogP contribution is -2.57. The van der Waals surface area contributed by atoms with Gasteiger partial charge in [0.05, 0.1) is 23.0 Å². The van der Waals surface area contributed by atoms with E-state index in [2.05, 4.69) is 54.9 Å². The van der Waals surface area contributed by atoms with Crippen LogP contribution in [0.25, 0.3) is 0 Å². The van der Waals surface area contributed by atoms with Crippen LogP contribution in [0.1, 0.15) is 67.3 Å². The quantitative estimate of drug-likeness (QED) is 0.299. The van der Waals surface area contributed by atoms with Crippen LogP contribution in [0.2, 0.25) is 0 Å². The molecule has 3 aromatic heterocycles. The van der Waals surface area contributed by atoms with Gasteiger partial charge in [-0.2, -0.15) is 20.5 Å². The third kappa shape index (κ3) is 5.60. The normalized spacial score (nSPS) is 17.0. The molecule has 0 radical (unpaired) electrons. The lowest BCUT2D eigenvalue weighted by Gasteiger charge is -2.49. The third-order valence-corrected chi connectivity index (χ3v) is 11.4. The molecule has 2 aliphatic rings. The molecule has 0 aromatic carbocycles. The number of hydrogen-bond acceptors (Lipinski definition) is 13. The molecule has 44 heavy (non-hydrogen) atoms. The van der Waals surface area contributed by atoms with Crippen molar-refractivity contribution in [1.82, 2.24) is 19.9 Å². The highest BCUT2D eigenvalue weighted by Gasteiger charge is 2.53. The molecule has 1 spiro atoms. The van der Waals surface area contributed by atoms with Gasteiger partial charge in [0.25, 0.3) is 0 Å². The van der Waals surface area contributed by atoms with Crippen molar-refractivity contribution in [2.75, 3.05) is 68.1 Å². The Kier molecular flexibility index (Phi) is 8.85. The standard InChI is InChI=1S/C31H40N10OS2/c1-7-30(4,15-39(5)6)18-42-29-37-27(40-16-31(17-40)24-21(12-32)26(35)44-23(24)14-43-31)22(13-33)28(38-29)41(8-2)19(3)20-10-9-11-36-25(20)34/h9-11,19H,7-8,14-18,35H2,1-6H3,(H2,34,36). The van der Waals surface area contributed by atoms with Gasteiger partial charge in [0.1, 0.15) is 28.5 Å². The highest BCUT2D eigenvalue weighted by molar-refractivity contribution is 8.00. The SMILES string of the molecule is CCN(c1nc(OCC(C)(CC)CN(C)C)nc(N2CC3(C2)SCc2sc(N)c(C#N)c23)c1C#N)C(C)c1cccnc1N. The first-order valence-corrected chi connectivity index (χ1v) is 16.6. The second-order valence-corrected chi connectivity index (χ2v) is 14.7. The summed E-state index contributed by atoms with van der Waals surface area (Å²) in [5.41, 5.74) is 15.2. The van der Waals surface area contributed by atoms with Crippen LogP contribution in [0.4, 0.5) is 22.5 Å². The van der Waals surface area contributed by atoms with Crippen LogP contribution in [-0.4, -0.2) is 66.7 Å². The van der Waals surface area contributed by atoms with E-state index in [1.165, 1.54) is 11.3 Å². The van der Waals surface area contributed by atoms with Crippen molar-refractivity contribution in [1.29, 1.82) is 10.5 Å². The molecule has 5 heterocycles. The molecule has 0 saturated carbocycles. The van der Waals surface area contributed by atoms with Crippen molar-refractivity contribution in [3.8, 4) is 18.1 Å². The number of rotatable bonds is 11. The zero-order chi connectivity index (χ0) is 31.8. The summed E-state index contributed by atoms with van der Waals surface area (Å²) < 4.78 is 6.11. The van der Waals surface area contributed by atoms with Gasteiger partial charge < -0.3 is 30.9 Å². The first-order valence-electron chi connectivity index (χ1n) is 14.8. The van der Waals surface area contributed by atoms with Gasteiger partial charge in [0.15, 0.2) is 11.6 Å². The second-order valence-electron chi connectivity index (χ2n) is 12.2. The fourth-order valence-electron chi connectivity index (χ4n) is 6.28. The molecule has 1 fully saturated rings. The predicted octanol–water partition coefficient (Wildman–Crippen LogP) is 4.75. The van der Waals surface area contributed by atoms with Crippen molar-refractivity contribution in [3.05, 3.63) is 45.5 Å². The molecule has 13 heteroatoms. The number of aromatic nitrogens is 3. The topological polar surface area (TPSA) is 157 Å². The van der Waals surface area contributed by atoms with Gasteiger partial charge >= 0.3 is 6.01 Å². The van der Waals surface area contributed by atoms with Gasteiger partial charge in [-0.3, -0.25) is 0 Å². The molecule has 232 valence electrons. The molecule has 3 aromatic rings. The van der Waals surface area contributed by atoms with E-state index >= 15 is 0 Å². The largest absolute Gasteiger partial charge is 0.463 e. The summed E-state index contributed by atoms with van der Waals surface area (Å²) in [6, 6.07) is 8.57. The summed E-state index contributed by atoms with van der Waals surface area (Å²) in [6.45, 7) is 11.4. The van der Waals surface area contributed by atoms with Gasteiger partial charge in [-0.1, -0.05) is 19.9 Å². The molecule has 4 N–H and O–H groups in total. The Morgan fingerprint density at radius 2 is 1.91 bits per heavy atom. The van der Waals surface area contributed by atoms with Crippen LogP contribution in [0.5, 0.6) is 6.01 Å². The van der Waals surface area contributed by atoms with Crippen molar-refractivity contribution < 1.29 is 4.74 Å². The first kappa shape index (κ1) is 31.6. The molecule has 0 aliphatic carbocycles. The minimum Gasteiger partial charge on any atom is -0.463 e. The molecule has 0 amide bonds. The number of hydrogen-bond donors (Lipinski definition) is 2. The number of nitrogens with zero attached hydrogens (tertiary/aromatic N) is 8. The van der Waals surface area contributed by atoms with E-state index in [0.29, 0.717) is 59.8 Å². The van der Waals surface area contributed by atoms with Crippen LogP contribution in [0.15, 0.2) is 18.3 Å². The fourth-order valence-corrected chi connectivity index (χ4v) is 9.08. The molecule has 2 atom stereocenters. The molecule has 2 unspecified atom stereocenters. The smallest absolute Gasteiger partial charge is 0.320 e. The average molecular weight is 633 g/mol. The summed E-state index contributed by atoms with van der Waals surface area (Å²) in [7, 11) is 4.11. The van der Waals surface area contributed by atoms with Gasteiger partial charge in [0, 0.05) is 59.5 Å². The number of pyridine rings is 1. The Hall–Kier alpha value is -3.78. The van der Waals surface area contributed by atoms with Crippen LogP contribution < -0.4 is 26.0 Å². The number of thioether (sulfide) groups is 1. The lowest BCUT2D eigenvalue weighted by molar-refractivity contribution is 0.113. The molecular formula is C31H40N10OS2. The number of thiophene rings is 1. The van der Waals surface area contributed by atoms with Crippen LogP contribution in [0, 0.1) is 28.1 Å². The fraction of sp³-hybridized carbons (Fsp3) is 0.516. The highest BCUT2D eigenvalue weighted by atomic mass is 32.2. The zero-order valence-corrected chi connectivity index (χ0v) is 27.8. The molecule has 1 saturated heterocycles. The number of nitriles is 2. The van der Waals surface area contributed by atoms with Gasteiger partial charge in [0.2, 0.25) is 0 Å². The van der Waals surface area contributed by atoms with Gasteiger partial charge in [-0.15, -0.1) is 23.1 Å². The molecule has 0 bridgehead atoms. The monoisotopic (exact) mass is 632 g/mol. The Labute approximate surface area is 267 Å². The number of nitrogens with two attached hydrogens (primary N) is 2. The maximum atomic E-state index is 10.6. The van der Waals surface area contributed by atoms with Crippen LogP contribution >= 0.6 is 23.1 Å². The molecular weight excluding hydrogens is 593 g/mol. The Morgan fingerprint density at radius 3 is 2.52 bits per heavy atom. The van der Waals surface area contributed by atoms with E-state index in [4.69, 9.17) is 26.2 Å². The molecule has 5 rings (SSSR count). The Bertz CT molecular complexity index is 1620. The van der Waals surface area contributed by atoms with E-state index in [1.54, 1.807) is 6.20 Å². The summed E-state index contributed by atoms with van der Waals surface area (Å²) >= 11 is 3.34. The third-order valence-electron chi connectivity index (χ3n) is 8.71. The van der Waals surface area contributed by atoms with Crippen molar-refractivity contribution in [2.24, 2.45) is 5.41 Å². The first-order chi connectivity index (χ1) is 21.0. The van der Waals surface area contributed by atoms with E-state index < -0.39 is 0 Å². The maximum Gasteiger partial charge on any atom is 0.320 e. The zero-order valence-electron chi connectivity index (χ0n) is 26.2. The predicted molar refractivity (Wildman–Crippen MR) is 178 cm³/mol. The molecule has 2 aliphatic heterocycles. The Morgan fingerprint density at radius 1 is 1.18 bits per heavy atom. The summed E-state index contributed by atoms with van der Waals surface area (Å²) in [5, 5.41) is 21.0. The maximum absolute atomic E-state index is 10.6. The van der Waals surface area contributed by atoms with E-state index in [9.17, 15) is 10.5 Å². The van der Waals surface area contributed by atoms with Gasteiger partial charge in [-0.25, -0.2) is 4.98 Å². The lowest BCUT2D eigenvalue weighted by atomic mass is 9.88. The van der Waals surface area contributed by atoms with Crippen LogP contribution in [0.3, 0.4) is 0 Å². The summed E-state index contributed by atoms with van der Waals surface area (Å²) in [6.07, 6.45) is 2.58. The number of ether oxygens (including phenoxy) is 1. The van der Waals surface area contributed by atoms with Crippen molar-refractivity contribution in [2.45, 2.75) is 50.7 Å². The minimum absolute atomic E-state index is 0.118. The minimum atomic E-state index is -0.262. The number of anilines is 4. The Balaban J connectivity index is 1.55. The number of nitrogen functional groups attached to an aromatic ring is 2. The highest BCUT2D eigenvalue weighted by Crippen LogP contribution is 2.58. The average Bonchev–Trinajstić information content (AvgIpc) is 3.50. The van der Waals surface area contributed by atoms with Crippen molar-refractivity contribution >= 4 is 45.6 Å². The van der Waals surface area contributed by atoms with Gasteiger partial charge in [-0.05, 0) is 40.4 Å². The molecule has 11 nitrogen and oxygen atoms in total.